The molecule has 3 rings (SSSR count). The van der Waals surface area contributed by atoms with E-state index < -0.39 is 0 Å². The van der Waals surface area contributed by atoms with Crippen LogP contribution in [0.5, 0.6) is 0 Å². The molecule has 0 aliphatic heterocycles. The minimum Gasteiger partial charge on any atom is -0.340 e. The van der Waals surface area contributed by atoms with Crippen molar-refractivity contribution in [1.82, 2.24) is 0 Å². The minimum atomic E-state index is -0.380. The summed E-state index contributed by atoms with van der Waals surface area (Å²) < 4.78 is 28.8. The molecule has 0 atom stereocenters. The zero-order valence-corrected chi connectivity index (χ0v) is 12.1. The summed E-state index contributed by atoms with van der Waals surface area (Å²) in [7, 11) is 1.66. The van der Waals surface area contributed by atoms with Gasteiger partial charge in [0.1, 0.15) is 5.82 Å². The molecule has 0 saturated carbocycles. The Morgan fingerprint density at radius 1 is 0.682 bits per heavy atom. The number of anilines is 2. The van der Waals surface area contributed by atoms with Gasteiger partial charge in [0.2, 0.25) is 0 Å². The average molecular weight is 295 g/mol. The van der Waals surface area contributed by atoms with E-state index in [1.807, 2.05) is 30.3 Å². The molecule has 0 aromatic heterocycles. The van der Waals surface area contributed by atoms with Crippen LogP contribution in [0.25, 0.3) is 11.1 Å². The fraction of sp³-hybridized carbons (Fsp3) is 0.0526. The molecule has 0 unspecified atom stereocenters. The maximum absolute atomic E-state index is 14.9. The van der Waals surface area contributed by atoms with Crippen molar-refractivity contribution in [3.8, 4) is 11.1 Å². The summed E-state index contributed by atoms with van der Waals surface area (Å²) in [5, 5.41) is 0. The summed E-state index contributed by atoms with van der Waals surface area (Å²) in [4.78, 5) is 1.52. The molecule has 0 spiro atoms. The number of rotatable bonds is 3. The van der Waals surface area contributed by atoms with Crippen molar-refractivity contribution in [3.05, 3.63) is 84.4 Å². The van der Waals surface area contributed by atoms with E-state index in [1.165, 1.54) is 11.0 Å². The molecule has 0 amide bonds. The fourth-order valence-corrected chi connectivity index (χ4v) is 2.47. The maximum Gasteiger partial charge on any atom is 0.154 e. The Morgan fingerprint density at radius 2 is 1.32 bits per heavy atom. The summed E-state index contributed by atoms with van der Waals surface area (Å²) in [6, 6.07) is 20.8. The van der Waals surface area contributed by atoms with Crippen LogP contribution in [0.4, 0.5) is 20.2 Å². The predicted molar refractivity (Wildman–Crippen MR) is 86.3 cm³/mol. The second kappa shape index (κ2) is 5.98. The normalized spacial score (nSPS) is 10.5. The highest BCUT2D eigenvalue weighted by Crippen LogP contribution is 2.33. The van der Waals surface area contributed by atoms with Crippen LogP contribution in [-0.4, -0.2) is 7.05 Å². The van der Waals surface area contributed by atoms with E-state index in [1.54, 1.807) is 43.4 Å². The monoisotopic (exact) mass is 295 g/mol. The Morgan fingerprint density at radius 3 is 2.05 bits per heavy atom. The first-order valence-electron chi connectivity index (χ1n) is 7.00. The van der Waals surface area contributed by atoms with Crippen LogP contribution in [-0.2, 0) is 0 Å². The zero-order chi connectivity index (χ0) is 15.5. The largest absolute Gasteiger partial charge is 0.340 e. The Hall–Kier alpha value is -2.68. The fourth-order valence-electron chi connectivity index (χ4n) is 2.47. The molecule has 0 N–H and O–H groups in total. The van der Waals surface area contributed by atoms with Crippen molar-refractivity contribution in [2.75, 3.05) is 11.9 Å². The van der Waals surface area contributed by atoms with Gasteiger partial charge >= 0.3 is 0 Å². The lowest BCUT2D eigenvalue weighted by molar-refractivity contribution is 0.619. The molecule has 0 radical (unpaired) electrons. The molecule has 0 heterocycles. The van der Waals surface area contributed by atoms with Crippen molar-refractivity contribution >= 4 is 11.4 Å². The minimum absolute atomic E-state index is 0.339. The second-order valence-electron chi connectivity index (χ2n) is 5.02. The number of hydrogen-bond acceptors (Lipinski definition) is 1. The first kappa shape index (κ1) is 14.3. The lowest BCUT2D eigenvalue weighted by Crippen LogP contribution is -2.13. The highest BCUT2D eigenvalue weighted by molar-refractivity contribution is 5.73. The third kappa shape index (κ3) is 2.58. The van der Waals surface area contributed by atoms with E-state index in [9.17, 15) is 8.78 Å². The van der Waals surface area contributed by atoms with Gasteiger partial charge in [-0.3, -0.25) is 0 Å². The van der Waals surface area contributed by atoms with Gasteiger partial charge in [-0.1, -0.05) is 54.6 Å². The summed E-state index contributed by atoms with van der Waals surface area (Å²) in [5.74, 6) is -0.742. The van der Waals surface area contributed by atoms with E-state index >= 15 is 0 Å². The van der Waals surface area contributed by atoms with Gasteiger partial charge in [-0.15, -0.1) is 0 Å². The van der Waals surface area contributed by atoms with Crippen LogP contribution < -0.4 is 4.90 Å². The van der Waals surface area contributed by atoms with Gasteiger partial charge in [-0.25, -0.2) is 8.78 Å². The molecule has 22 heavy (non-hydrogen) atoms. The summed E-state index contributed by atoms with van der Waals surface area (Å²) in [5.41, 5.74) is 1.98. The SMILES string of the molecule is CN(c1ccccc1F)c1cccc(-c2ccccc2)c1F. The standard InChI is InChI=1S/C19H15F2N/c1-22(17-12-6-5-11-16(17)20)18-13-7-10-15(19(18)21)14-8-3-2-4-9-14/h2-13H,1H3. The Bertz CT molecular complexity index is 784. The lowest BCUT2D eigenvalue weighted by Gasteiger charge is -2.21. The predicted octanol–water partition coefficient (Wildman–Crippen LogP) is 5.40. The Kier molecular flexibility index (Phi) is 3.88. The van der Waals surface area contributed by atoms with Crippen molar-refractivity contribution in [2.24, 2.45) is 0 Å². The highest BCUT2D eigenvalue weighted by atomic mass is 19.1. The van der Waals surface area contributed by atoms with Gasteiger partial charge in [0.15, 0.2) is 5.82 Å². The van der Waals surface area contributed by atoms with E-state index in [4.69, 9.17) is 0 Å². The van der Waals surface area contributed by atoms with Gasteiger partial charge in [0.25, 0.3) is 0 Å². The number of benzene rings is 3. The first-order chi connectivity index (χ1) is 10.7. The summed E-state index contributed by atoms with van der Waals surface area (Å²) in [6.45, 7) is 0. The third-order valence-electron chi connectivity index (χ3n) is 3.64. The maximum atomic E-state index is 14.9. The highest BCUT2D eigenvalue weighted by Gasteiger charge is 2.16. The molecule has 0 aliphatic rings. The van der Waals surface area contributed by atoms with Crippen LogP contribution >= 0.6 is 0 Å². The molecule has 0 saturated heterocycles. The van der Waals surface area contributed by atoms with Crippen LogP contribution in [0.3, 0.4) is 0 Å². The topological polar surface area (TPSA) is 3.24 Å². The smallest absolute Gasteiger partial charge is 0.154 e. The van der Waals surface area contributed by atoms with Crippen molar-refractivity contribution in [1.29, 1.82) is 0 Å². The molecule has 0 fully saturated rings. The molecular formula is C19H15F2N. The van der Waals surface area contributed by atoms with Gasteiger partial charge in [0.05, 0.1) is 11.4 Å². The van der Waals surface area contributed by atoms with Crippen molar-refractivity contribution in [2.45, 2.75) is 0 Å². The zero-order valence-electron chi connectivity index (χ0n) is 12.1. The molecule has 3 heteroatoms. The lowest BCUT2D eigenvalue weighted by atomic mass is 10.0. The van der Waals surface area contributed by atoms with Gasteiger partial charge in [-0.05, 0) is 23.8 Å². The summed E-state index contributed by atoms with van der Waals surface area (Å²) in [6.07, 6.45) is 0. The molecule has 0 aliphatic carbocycles. The number of halogens is 2. The van der Waals surface area contributed by atoms with Gasteiger partial charge in [-0.2, -0.15) is 0 Å². The Labute approximate surface area is 128 Å². The van der Waals surface area contributed by atoms with Crippen LogP contribution in [0, 0.1) is 11.6 Å². The molecule has 3 aromatic carbocycles. The first-order valence-corrected chi connectivity index (χ1v) is 7.00. The van der Waals surface area contributed by atoms with Gasteiger partial charge in [0, 0.05) is 12.6 Å². The number of nitrogens with zero attached hydrogens (tertiary/aromatic N) is 1. The van der Waals surface area contributed by atoms with Crippen LogP contribution in [0.15, 0.2) is 72.8 Å². The molecule has 3 aromatic rings. The quantitative estimate of drug-likeness (QED) is 0.625. The number of hydrogen-bond donors (Lipinski definition) is 0. The van der Waals surface area contributed by atoms with Gasteiger partial charge < -0.3 is 4.90 Å². The third-order valence-corrected chi connectivity index (χ3v) is 3.64. The second-order valence-corrected chi connectivity index (χ2v) is 5.02. The van der Waals surface area contributed by atoms with Crippen molar-refractivity contribution < 1.29 is 8.78 Å². The molecule has 1 nitrogen and oxygen atoms in total. The van der Waals surface area contributed by atoms with Crippen molar-refractivity contribution in [3.63, 3.8) is 0 Å². The van der Waals surface area contributed by atoms with E-state index in [2.05, 4.69) is 0 Å². The Balaban J connectivity index is 2.08. The molecule has 0 bridgehead atoms. The summed E-state index contributed by atoms with van der Waals surface area (Å²) >= 11 is 0. The average Bonchev–Trinajstić information content (AvgIpc) is 2.56. The molecule has 110 valence electrons. The van der Waals surface area contributed by atoms with E-state index in [-0.39, 0.29) is 11.6 Å². The number of para-hydroxylation sites is 1. The van der Waals surface area contributed by atoms with Crippen LogP contribution in [0.2, 0.25) is 0 Å². The molecular weight excluding hydrogens is 280 g/mol. The van der Waals surface area contributed by atoms with E-state index in [0.29, 0.717) is 16.9 Å². The van der Waals surface area contributed by atoms with Crippen LogP contribution in [0.1, 0.15) is 0 Å². The van der Waals surface area contributed by atoms with E-state index in [0.717, 1.165) is 5.56 Å².